The third-order valence-corrected chi connectivity index (χ3v) is 8.96. The average molecular weight is 441 g/mol. The molecule has 0 saturated heterocycles. The quantitative estimate of drug-likeness (QED) is 0.415. The van der Waals surface area contributed by atoms with E-state index in [1.165, 1.54) is 16.7 Å². The molecular formula is C25H29BrO2. The Hall–Kier alpha value is -1.61. The summed E-state index contributed by atoms with van der Waals surface area (Å²) in [6.45, 7) is 14.0. The standard InChI is InChI=1S/C25H29BrO2/c1-7-28-20-13-18(14-26)22(27)25(19-11-9-8-10-12-19)21(20)23(5)15(2)16(3)24(25,6)17(23)4/h8-13,17H,7,14H2,1-6H3/t17?,23-,24+,25-/m1/s1. The van der Waals surface area contributed by atoms with Crippen molar-refractivity contribution in [1.29, 1.82) is 0 Å². The highest BCUT2D eigenvalue weighted by atomic mass is 79.9. The van der Waals surface area contributed by atoms with Gasteiger partial charge in [0.1, 0.15) is 5.76 Å². The number of halogens is 1. The van der Waals surface area contributed by atoms with Crippen LogP contribution in [0.25, 0.3) is 0 Å². The number of benzene rings is 1. The minimum atomic E-state index is -0.714. The lowest BCUT2D eigenvalue weighted by Gasteiger charge is -2.50. The molecule has 0 N–H and O–H groups in total. The van der Waals surface area contributed by atoms with E-state index in [2.05, 4.69) is 74.8 Å². The first-order valence-corrected chi connectivity index (χ1v) is 11.3. The Morgan fingerprint density at radius 3 is 2.32 bits per heavy atom. The number of ether oxygens (including phenoxy) is 1. The molecule has 3 aliphatic carbocycles. The zero-order valence-corrected chi connectivity index (χ0v) is 19.2. The van der Waals surface area contributed by atoms with Gasteiger partial charge in [-0.3, -0.25) is 4.79 Å². The van der Waals surface area contributed by atoms with Crippen LogP contribution in [-0.2, 0) is 14.9 Å². The van der Waals surface area contributed by atoms with Crippen LogP contribution < -0.4 is 0 Å². The van der Waals surface area contributed by atoms with Crippen molar-refractivity contribution in [3.63, 3.8) is 0 Å². The van der Waals surface area contributed by atoms with Gasteiger partial charge in [-0.05, 0) is 38.3 Å². The van der Waals surface area contributed by atoms with Crippen LogP contribution in [0.1, 0.15) is 47.1 Å². The lowest BCUT2D eigenvalue weighted by Crippen LogP contribution is -2.53. The second kappa shape index (κ2) is 6.19. The molecule has 1 fully saturated rings. The monoisotopic (exact) mass is 440 g/mol. The van der Waals surface area contributed by atoms with Crippen LogP contribution in [-0.4, -0.2) is 17.7 Å². The van der Waals surface area contributed by atoms with Crippen molar-refractivity contribution in [3.8, 4) is 0 Å². The molecule has 3 aliphatic rings. The Bertz CT molecular complexity index is 954. The SMILES string of the molecule is CCOC1=C2[C@]3(C)C(C)=C(C)[C@@](C)(C3C)[C@@]2(c2ccccc2)C(=O)C(CBr)=C1. The molecule has 0 radical (unpaired) electrons. The van der Waals surface area contributed by atoms with E-state index in [-0.39, 0.29) is 16.6 Å². The smallest absolute Gasteiger partial charge is 0.175 e. The number of allylic oxidation sites excluding steroid dienone is 5. The van der Waals surface area contributed by atoms with Crippen LogP contribution in [0.2, 0.25) is 0 Å². The number of carbonyl (C=O) groups excluding carboxylic acids is 1. The summed E-state index contributed by atoms with van der Waals surface area (Å²) in [5.74, 6) is 1.42. The van der Waals surface area contributed by atoms with Gasteiger partial charge in [-0.2, -0.15) is 0 Å². The van der Waals surface area contributed by atoms with Gasteiger partial charge >= 0.3 is 0 Å². The molecule has 28 heavy (non-hydrogen) atoms. The Morgan fingerprint density at radius 1 is 1.11 bits per heavy atom. The summed E-state index contributed by atoms with van der Waals surface area (Å²) in [6, 6.07) is 10.4. The van der Waals surface area contributed by atoms with E-state index in [4.69, 9.17) is 4.74 Å². The molecular weight excluding hydrogens is 412 g/mol. The molecule has 1 aromatic rings. The van der Waals surface area contributed by atoms with Gasteiger partial charge < -0.3 is 4.74 Å². The van der Waals surface area contributed by atoms with Crippen LogP contribution >= 0.6 is 15.9 Å². The van der Waals surface area contributed by atoms with Crippen LogP contribution in [0, 0.1) is 16.7 Å². The molecule has 0 aromatic heterocycles. The van der Waals surface area contributed by atoms with Crippen LogP contribution in [0.3, 0.4) is 0 Å². The number of alkyl halides is 1. The Morgan fingerprint density at radius 2 is 1.75 bits per heavy atom. The van der Waals surface area contributed by atoms with Gasteiger partial charge in [0.05, 0.1) is 12.0 Å². The van der Waals surface area contributed by atoms with E-state index in [0.29, 0.717) is 17.9 Å². The maximum atomic E-state index is 14.2. The van der Waals surface area contributed by atoms with Crippen molar-refractivity contribution in [2.75, 3.05) is 11.9 Å². The molecule has 0 heterocycles. The number of hydrogen-bond donors (Lipinski definition) is 0. The highest BCUT2D eigenvalue weighted by Crippen LogP contribution is 2.78. The number of ketones is 1. The molecule has 2 nitrogen and oxygen atoms in total. The molecule has 0 amide bonds. The zero-order chi connectivity index (χ0) is 20.5. The molecule has 1 aromatic carbocycles. The summed E-state index contributed by atoms with van der Waals surface area (Å²) < 4.78 is 6.23. The van der Waals surface area contributed by atoms with Crippen LogP contribution in [0.5, 0.6) is 0 Å². The Balaban J connectivity index is 2.22. The van der Waals surface area contributed by atoms with Gasteiger partial charge in [0.15, 0.2) is 5.78 Å². The van der Waals surface area contributed by atoms with Crippen molar-refractivity contribution < 1.29 is 9.53 Å². The summed E-state index contributed by atoms with van der Waals surface area (Å²) in [5.41, 5.74) is 4.61. The second-order valence-electron chi connectivity index (χ2n) is 8.80. The Kier molecular flexibility index (Phi) is 4.36. The lowest BCUT2D eigenvalue weighted by atomic mass is 9.51. The molecule has 2 bridgehead atoms. The number of carbonyl (C=O) groups is 1. The van der Waals surface area contributed by atoms with Gasteiger partial charge in [-0.1, -0.05) is 78.2 Å². The third-order valence-electron chi connectivity index (χ3n) is 8.36. The van der Waals surface area contributed by atoms with Gasteiger partial charge in [-0.25, -0.2) is 0 Å². The van der Waals surface area contributed by atoms with Crippen LogP contribution in [0.15, 0.2) is 64.5 Å². The largest absolute Gasteiger partial charge is 0.494 e. The van der Waals surface area contributed by atoms with E-state index in [0.717, 1.165) is 16.9 Å². The van der Waals surface area contributed by atoms with Crippen molar-refractivity contribution in [2.45, 2.75) is 47.0 Å². The van der Waals surface area contributed by atoms with Crippen molar-refractivity contribution in [2.24, 2.45) is 16.7 Å². The fraction of sp³-hybridized carbons (Fsp3) is 0.480. The molecule has 3 heteroatoms. The van der Waals surface area contributed by atoms with E-state index in [9.17, 15) is 4.79 Å². The fourth-order valence-electron chi connectivity index (χ4n) is 6.62. The first-order valence-electron chi connectivity index (χ1n) is 10.2. The highest BCUT2D eigenvalue weighted by molar-refractivity contribution is 9.09. The predicted octanol–water partition coefficient (Wildman–Crippen LogP) is 6.13. The van der Waals surface area contributed by atoms with E-state index < -0.39 is 5.41 Å². The molecule has 1 saturated carbocycles. The van der Waals surface area contributed by atoms with E-state index in [1.54, 1.807) is 0 Å². The molecule has 148 valence electrons. The summed E-state index contributed by atoms with van der Waals surface area (Å²) in [4.78, 5) is 14.2. The predicted molar refractivity (Wildman–Crippen MR) is 117 cm³/mol. The molecule has 1 unspecified atom stereocenters. The molecule has 4 atom stereocenters. The summed E-state index contributed by atoms with van der Waals surface area (Å²) in [6.07, 6.45) is 1.99. The van der Waals surface area contributed by atoms with Gasteiger partial charge in [0.25, 0.3) is 0 Å². The lowest BCUT2D eigenvalue weighted by molar-refractivity contribution is -0.123. The minimum absolute atomic E-state index is 0.191. The van der Waals surface area contributed by atoms with Crippen molar-refractivity contribution in [3.05, 3.63) is 70.0 Å². The first kappa shape index (κ1) is 19.7. The number of rotatable bonds is 4. The van der Waals surface area contributed by atoms with Gasteiger partial charge in [0, 0.05) is 27.3 Å². The number of hydrogen-bond acceptors (Lipinski definition) is 2. The second-order valence-corrected chi connectivity index (χ2v) is 9.36. The molecule has 4 rings (SSSR count). The van der Waals surface area contributed by atoms with Crippen LogP contribution in [0.4, 0.5) is 0 Å². The summed E-state index contributed by atoms with van der Waals surface area (Å²) in [5, 5.41) is 0.535. The van der Waals surface area contributed by atoms with Crippen molar-refractivity contribution >= 4 is 21.7 Å². The maximum absolute atomic E-state index is 14.2. The zero-order valence-electron chi connectivity index (χ0n) is 17.7. The normalized spacial score (nSPS) is 36.8. The number of fused-ring (bicyclic) bond motifs is 5. The summed E-state index contributed by atoms with van der Waals surface area (Å²) >= 11 is 3.57. The first-order chi connectivity index (χ1) is 13.2. The average Bonchev–Trinajstić information content (AvgIpc) is 2.95. The van der Waals surface area contributed by atoms with E-state index >= 15 is 0 Å². The summed E-state index contributed by atoms with van der Waals surface area (Å²) in [7, 11) is 0. The minimum Gasteiger partial charge on any atom is -0.494 e. The van der Waals surface area contributed by atoms with Gasteiger partial charge in [0.2, 0.25) is 0 Å². The fourth-order valence-corrected chi connectivity index (χ4v) is 7.04. The van der Waals surface area contributed by atoms with E-state index in [1.807, 2.05) is 19.1 Å². The van der Waals surface area contributed by atoms with Crippen molar-refractivity contribution in [1.82, 2.24) is 0 Å². The maximum Gasteiger partial charge on any atom is 0.175 e. The highest BCUT2D eigenvalue weighted by Gasteiger charge is 2.77. The third kappa shape index (κ3) is 1.87. The topological polar surface area (TPSA) is 26.3 Å². The Labute approximate surface area is 176 Å². The molecule has 0 aliphatic heterocycles. The molecule has 0 spiro atoms. The van der Waals surface area contributed by atoms with Gasteiger partial charge in [-0.15, -0.1) is 0 Å². The number of Topliss-reactive ketones (excluding diaryl/α,β-unsaturated/α-hetero) is 1.